The molecule has 0 aliphatic carbocycles. The van der Waals surface area contributed by atoms with Gasteiger partial charge in [0, 0.05) is 26.5 Å². The summed E-state index contributed by atoms with van der Waals surface area (Å²) in [6.45, 7) is 18.4. The maximum Gasteiger partial charge on any atom is 0.0540 e. The average Bonchev–Trinajstić information content (AvgIpc) is 3.35. The molecule has 0 radical (unpaired) electrons. The standard InChI is InChI=1S/C37H35NS.C6H6/c1-7-11-24-36-27(5)28(6)37(39-36)26-29(10-4)31-20-14-21-33(25-31)38(32(16-8-2)17-9-3)35-23-15-19-30-18-12-13-22-34(30)35;1-2-4-6-5-3-1/h7-26H,1-2,4H2,3,5-6H3;1-6H/b17-9-,24-11-,29-26+,32-16+;. The van der Waals surface area contributed by atoms with Gasteiger partial charge in [-0.25, -0.2) is 0 Å². The largest absolute Gasteiger partial charge is 0.310 e. The molecule has 0 unspecified atom stereocenters. The molecule has 0 amide bonds. The highest BCUT2D eigenvalue weighted by Crippen LogP contribution is 2.38. The van der Waals surface area contributed by atoms with Crippen molar-refractivity contribution >= 4 is 51.2 Å². The molecular weight excluding hydrogens is 563 g/mol. The van der Waals surface area contributed by atoms with E-state index < -0.39 is 0 Å². The molecule has 0 atom stereocenters. The van der Waals surface area contributed by atoms with Gasteiger partial charge in [0.05, 0.1) is 5.69 Å². The Bertz CT molecular complexity index is 1850. The summed E-state index contributed by atoms with van der Waals surface area (Å²) in [5.41, 5.74) is 8.00. The zero-order valence-electron chi connectivity index (χ0n) is 26.5. The van der Waals surface area contributed by atoms with E-state index >= 15 is 0 Å². The fourth-order valence-corrected chi connectivity index (χ4v) is 6.21. The first-order chi connectivity index (χ1) is 22.0. The molecule has 0 aliphatic rings. The van der Waals surface area contributed by atoms with Crippen LogP contribution in [0.3, 0.4) is 0 Å². The lowest BCUT2D eigenvalue weighted by Gasteiger charge is -2.28. The summed E-state index contributed by atoms with van der Waals surface area (Å²) in [6, 6.07) is 35.6. The van der Waals surface area contributed by atoms with Gasteiger partial charge in [-0.2, -0.15) is 0 Å². The van der Waals surface area contributed by atoms with Crippen molar-refractivity contribution in [3.8, 4) is 0 Å². The van der Waals surface area contributed by atoms with Gasteiger partial charge in [-0.05, 0) is 90.9 Å². The number of benzene rings is 4. The fourth-order valence-electron chi connectivity index (χ4n) is 5.03. The minimum atomic E-state index is 1.04. The second kappa shape index (κ2) is 16.6. The van der Waals surface area contributed by atoms with Crippen LogP contribution in [0.5, 0.6) is 0 Å². The number of rotatable bonds is 10. The van der Waals surface area contributed by atoms with Crippen LogP contribution in [0.2, 0.25) is 0 Å². The molecule has 224 valence electrons. The van der Waals surface area contributed by atoms with E-state index in [0.717, 1.165) is 28.2 Å². The Balaban J connectivity index is 0.000000687. The first kappa shape index (κ1) is 32.7. The zero-order chi connectivity index (χ0) is 32.0. The SMILES string of the molecule is C=C/C=C\c1sc(/C=C(\C=C)c2cccc(N(C(/C=C\C)=C/C=C)c3cccc4ccccc34)c2)c(C)c1C.c1ccccc1. The quantitative estimate of drug-likeness (QED) is 0.144. The van der Waals surface area contributed by atoms with Crippen LogP contribution in [0.4, 0.5) is 11.4 Å². The lowest BCUT2D eigenvalue weighted by atomic mass is 10.0. The number of hydrogen-bond donors (Lipinski definition) is 0. The van der Waals surface area contributed by atoms with E-state index in [2.05, 4.69) is 136 Å². The molecule has 5 rings (SSSR count). The third-order valence-electron chi connectivity index (χ3n) is 7.41. The van der Waals surface area contributed by atoms with Gasteiger partial charge < -0.3 is 4.90 Å². The van der Waals surface area contributed by atoms with Gasteiger partial charge in [-0.15, -0.1) is 11.3 Å². The molecule has 0 saturated carbocycles. The van der Waals surface area contributed by atoms with Crippen LogP contribution in [0.15, 0.2) is 171 Å². The Morgan fingerprint density at radius 3 is 2.07 bits per heavy atom. The summed E-state index contributed by atoms with van der Waals surface area (Å²) in [7, 11) is 0. The summed E-state index contributed by atoms with van der Waals surface area (Å²) in [5, 5.41) is 2.39. The van der Waals surface area contributed by atoms with E-state index in [0.29, 0.717) is 0 Å². The maximum absolute atomic E-state index is 4.17. The van der Waals surface area contributed by atoms with Gasteiger partial charge in [-0.3, -0.25) is 0 Å². The van der Waals surface area contributed by atoms with Crippen molar-refractivity contribution in [2.24, 2.45) is 0 Å². The predicted octanol–water partition coefficient (Wildman–Crippen LogP) is 12.9. The van der Waals surface area contributed by atoms with Crippen molar-refractivity contribution in [1.82, 2.24) is 0 Å². The number of thiophene rings is 1. The average molecular weight is 604 g/mol. The van der Waals surface area contributed by atoms with Crippen LogP contribution in [-0.4, -0.2) is 0 Å². The van der Waals surface area contributed by atoms with Gasteiger partial charge in [0.15, 0.2) is 0 Å². The number of hydrogen-bond acceptors (Lipinski definition) is 2. The van der Waals surface area contributed by atoms with Crippen LogP contribution in [-0.2, 0) is 0 Å². The Kier molecular flexibility index (Phi) is 12.1. The first-order valence-electron chi connectivity index (χ1n) is 15.1. The van der Waals surface area contributed by atoms with Crippen molar-refractivity contribution in [1.29, 1.82) is 0 Å². The third-order valence-corrected chi connectivity index (χ3v) is 8.71. The van der Waals surface area contributed by atoms with Crippen LogP contribution < -0.4 is 4.90 Å². The summed E-state index contributed by atoms with van der Waals surface area (Å²) < 4.78 is 0. The minimum absolute atomic E-state index is 1.04. The highest BCUT2D eigenvalue weighted by Gasteiger charge is 2.17. The van der Waals surface area contributed by atoms with Crippen molar-refractivity contribution in [2.45, 2.75) is 20.8 Å². The molecule has 0 N–H and O–H groups in total. The zero-order valence-corrected chi connectivity index (χ0v) is 27.3. The molecule has 1 nitrogen and oxygen atoms in total. The second-order valence-electron chi connectivity index (χ2n) is 10.3. The molecule has 0 spiro atoms. The van der Waals surface area contributed by atoms with E-state index in [1.165, 1.54) is 31.7 Å². The Hall–Kier alpha value is -5.18. The van der Waals surface area contributed by atoms with Gasteiger partial charge in [0.1, 0.15) is 0 Å². The Labute approximate surface area is 273 Å². The lowest BCUT2D eigenvalue weighted by Crippen LogP contribution is -2.15. The lowest BCUT2D eigenvalue weighted by molar-refractivity contribution is 1.22. The number of fused-ring (bicyclic) bond motifs is 1. The normalized spacial score (nSPS) is 11.8. The number of anilines is 2. The highest BCUT2D eigenvalue weighted by atomic mass is 32.1. The molecule has 4 aromatic carbocycles. The van der Waals surface area contributed by atoms with E-state index in [4.69, 9.17) is 0 Å². The molecule has 0 bridgehead atoms. The maximum atomic E-state index is 4.17. The topological polar surface area (TPSA) is 3.24 Å². The van der Waals surface area contributed by atoms with Gasteiger partial charge in [0.25, 0.3) is 0 Å². The molecule has 5 aromatic rings. The molecule has 1 aromatic heterocycles. The summed E-state index contributed by atoms with van der Waals surface area (Å²) in [6.07, 6.45) is 18.2. The van der Waals surface area contributed by atoms with Crippen LogP contribution in [0.25, 0.3) is 28.5 Å². The van der Waals surface area contributed by atoms with Crippen LogP contribution in [0, 0.1) is 13.8 Å². The van der Waals surface area contributed by atoms with E-state index in [1.54, 1.807) is 11.3 Å². The third kappa shape index (κ3) is 8.26. The molecule has 1 heterocycles. The smallest absolute Gasteiger partial charge is 0.0540 e. The summed E-state index contributed by atoms with van der Waals surface area (Å²) in [4.78, 5) is 4.79. The van der Waals surface area contributed by atoms with E-state index in [9.17, 15) is 0 Å². The molecule has 45 heavy (non-hydrogen) atoms. The first-order valence-corrected chi connectivity index (χ1v) is 15.9. The van der Waals surface area contributed by atoms with Crippen molar-refractivity contribution < 1.29 is 0 Å². The van der Waals surface area contributed by atoms with Crippen LogP contribution >= 0.6 is 11.3 Å². The van der Waals surface area contributed by atoms with Gasteiger partial charge in [-0.1, -0.05) is 135 Å². The van der Waals surface area contributed by atoms with E-state index in [-0.39, 0.29) is 0 Å². The number of allylic oxidation sites excluding steroid dienone is 8. The fraction of sp³-hybridized carbons (Fsp3) is 0.0698. The molecule has 2 heteroatoms. The molecule has 0 aliphatic heterocycles. The van der Waals surface area contributed by atoms with Crippen LogP contribution in [0.1, 0.15) is 33.4 Å². The summed E-state index contributed by atoms with van der Waals surface area (Å²) >= 11 is 1.79. The van der Waals surface area contributed by atoms with E-state index in [1.807, 2.05) is 67.6 Å². The Morgan fingerprint density at radius 2 is 1.40 bits per heavy atom. The van der Waals surface area contributed by atoms with Crippen molar-refractivity contribution in [3.63, 3.8) is 0 Å². The van der Waals surface area contributed by atoms with Crippen molar-refractivity contribution in [3.05, 3.63) is 198 Å². The number of nitrogens with zero attached hydrogens (tertiary/aromatic N) is 1. The monoisotopic (exact) mass is 603 g/mol. The van der Waals surface area contributed by atoms with Gasteiger partial charge in [0.2, 0.25) is 0 Å². The Morgan fingerprint density at radius 1 is 0.733 bits per heavy atom. The minimum Gasteiger partial charge on any atom is -0.310 e. The molecule has 0 fully saturated rings. The predicted molar refractivity (Wildman–Crippen MR) is 203 cm³/mol. The highest BCUT2D eigenvalue weighted by molar-refractivity contribution is 7.14. The van der Waals surface area contributed by atoms with Crippen molar-refractivity contribution in [2.75, 3.05) is 4.90 Å². The second-order valence-corrected chi connectivity index (χ2v) is 11.4. The molecular formula is C43H41NS. The summed E-state index contributed by atoms with van der Waals surface area (Å²) in [5.74, 6) is 0. The van der Waals surface area contributed by atoms with Gasteiger partial charge >= 0.3 is 0 Å². The molecule has 0 saturated heterocycles.